The zero-order valence-corrected chi connectivity index (χ0v) is 6.70. The highest BCUT2D eigenvalue weighted by molar-refractivity contribution is 5.79. The summed E-state index contributed by atoms with van der Waals surface area (Å²) in [4.78, 5) is 4.21. The maximum atomic E-state index is 4.21. The smallest absolute Gasteiger partial charge is 0.0511 e. The van der Waals surface area contributed by atoms with Crippen molar-refractivity contribution in [3.63, 3.8) is 0 Å². The molecular formula is C9H10N2. The molecule has 0 aromatic carbocycles. The van der Waals surface area contributed by atoms with E-state index in [1.165, 1.54) is 10.9 Å². The summed E-state index contributed by atoms with van der Waals surface area (Å²) in [6.07, 6.45) is 3.95. The number of hydrogen-bond acceptors (Lipinski definition) is 1. The van der Waals surface area contributed by atoms with Gasteiger partial charge in [-0.1, -0.05) is 0 Å². The minimum Gasteiger partial charge on any atom is -0.350 e. The molecule has 2 nitrogen and oxygen atoms in total. The second kappa shape index (κ2) is 2.09. The molecule has 0 fully saturated rings. The van der Waals surface area contributed by atoms with Gasteiger partial charge in [-0.3, -0.25) is 4.98 Å². The molecule has 2 rings (SSSR count). The van der Waals surface area contributed by atoms with Crippen LogP contribution in [0.5, 0.6) is 0 Å². The maximum Gasteiger partial charge on any atom is 0.0511 e. The van der Waals surface area contributed by atoms with Crippen molar-refractivity contribution in [3.8, 4) is 0 Å². The van der Waals surface area contributed by atoms with Crippen LogP contribution in [0.4, 0.5) is 0 Å². The first-order valence-corrected chi connectivity index (χ1v) is 3.65. The number of nitrogens with zero attached hydrogens (tertiary/aromatic N) is 2. The minimum absolute atomic E-state index is 1.07. The van der Waals surface area contributed by atoms with Crippen LogP contribution in [-0.2, 0) is 7.05 Å². The van der Waals surface area contributed by atoms with E-state index in [9.17, 15) is 0 Å². The van der Waals surface area contributed by atoms with E-state index in [0.717, 1.165) is 5.69 Å². The summed E-state index contributed by atoms with van der Waals surface area (Å²) < 4.78 is 2.10. The van der Waals surface area contributed by atoms with E-state index in [1.807, 2.05) is 26.4 Å². The molecule has 0 saturated heterocycles. The Kier molecular flexibility index (Phi) is 1.22. The Morgan fingerprint density at radius 2 is 2.27 bits per heavy atom. The third kappa shape index (κ3) is 0.909. The Morgan fingerprint density at radius 1 is 1.45 bits per heavy atom. The molecule has 0 saturated carbocycles. The van der Waals surface area contributed by atoms with Gasteiger partial charge in [0.1, 0.15) is 0 Å². The zero-order chi connectivity index (χ0) is 7.84. The first-order chi connectivity index (χ1) is 5.27. The van der Waals surface area contributed by atoms with Crippen LogP contribution in [0.1, 0.15) is 5.69 Å². The summed E-state index contributed by atoms with van der Waals surface area (Å²) in [6, 6.07) is 4.16. The van der Waals surface area contributed by atoms with Crippen LogP contribution in [0.3, 0.4) is 0 Å². The van der Waals surface area contributed by atoms with Crippen molar-refractivity contribution in [1.82, 2.24) is 9.55 Å². The summed E-state index contributed by atoms with van der Waals surface area (Å²) in [5.74, 6) is 0. The molecule has 2 heteroatoms. The molecule has 2 aromatic heterocycles. The van der Waals surface area contributed by atoms with Crippen molar-refractivity contribution in [3.05, 3.63) is 30.2 Å². The fourth-order valence-corrected chi connectivity index (χ4v) is 1.26. The molecule has 2 heterocycles. The van der Waals surface area contributed by atoms with Crippen molar-refractivity contribution in [1.29, 1.82) is 0 Å². The average molecular weight is 146 g/mol. The fraction of sp³-hybridized carbons (Fsp3) is 0.222. The summed E-state index contributed by atoms with van der Waals surface area (Å²) in [7, 11) is 2.04. The number of aromatic nitrogens is 2. The highest BCUT2D eigenvalue weighted by atomic mass is 14.9. The van der Waals surface area contributed by atoms with Crippen LogP contribution in [0.25, 0.3) is 10.9 Å². The number of aryl methyl sites for hydroxylation is 2. The molecule has 0 spiro atoms. The first kappa shape index (κ1) is 6.40. The van der Waals surface area contributed by atoms with Gasteiger partial charge in [0.05, 0.1) is 5.52 Å². The summed E-state index contributed by atoms with van der Waals surface area (Å²) in [5, 5.41) is 1.21. The first-order valence-electron chi connectivity index (χ1n) is 3.65. The highest BCUT2D eigenvalue weighted by Crippen LogP contribution is 2.13. The molecule has 0 amide bonds. The third-order valence-corrected chi connectivity index (χ3v) is 1.91. The van der Waals surface area contributed by atoms with Crippen molar-refractivity contribution in [2.45, 2.75) is 6.92 Å². The largest absolute Gasteiger partial charge is 0.350 e. The van der Waals surface area contributed by atoms with E-state index in [1.54, 1.807) is 0 Å². The van der Waals surface area contributed by atoms with Crippen LogP contribution in [0, 0.1) is 6.92 Å². The van der Waals surface area contributed by atoms with Crippen molar-refractivity contribution >= 4 is 10.9 Å². The normalized spacial score (nSPS) is 10.7. The average Bonchev–Trinajstić information content (AvgIpc) is 2.33. The highest BCUT2D eigenvalue weighted by Gasteiger charge is 1.96. The second-order valence-electron chi connectivity index (χ2n) is 2.81. The van der Waals surface area contributed by atoms with E-state index in [-0.39, 0.29) is 0 Å². The Balaban J connectivity index is 2.87. The molecule has 0 bridgehead atoms. The van der Waals surface area contributed by atoms with Crippen LogP contribution in [0.15, 0.2) is 24.5 Å². The summed E-state index contributed by atoms with van der Waals surface area (Å²) in [6.45, 7) is 2.01. The predicted octanol–water partition coefficient (Wildman–Crippen LogP) is 1.88. The molecule has 56 valence electrons. The van der Waals surface area contributed by atoms with Crippen molar-refractivity contribution in [2.24, 2.45) is 7.05 Å². The van der Waals surface area contributed by atoms with Gasteiger partial charge in [0, 0.05) is 30.5 Å². The summed E-state index contributed by atoms with van der Waals surface area (Å²) in [5.41, 5.74) is 2.32. The number of hydrogen-bond donors (Lipinski definition) is 0. The lowest BCUT2D eigenvalue weighted by Crippen LogP contribution is -1.85. The fourth-order valence-electron chi connectivity index (χ4n) is 1.26. The van der Waals surface area contributed by atoms with Crippen LogP contribution in [-0.4, -0.2) is 9.55 Å². The molecule has 0 aliphatic rings. The SMILES string of the molecule is Cc1cc2c(ccn2C)cn1. The Morgan fingerprint density at radius 3 is 3.09 bits per heavy atom. The van der Waals surface area contributed by atoms with Gasteiger partial charge in [-0.05, 0) is 19.1 Å². The van der Waals surface area contributed by atoms with E-state index in [0.29, 0.717) is 0 Å². The van der Waals surface area contributed by atoms with Crippen LogP contribution in [0.2, 0.25) is 0 Å². The standard InChI is InChI=1S/C9H10N2/c1-7-5-9-8(6-10-7)3-4-11(9)2/h3-6H,1-2H3. The van der Waals surface area contributed by atoms with Crippen LogP contribution >= 0.6 is 0 Å². The topological polar surface area (TPSA) is 17.8 Å². The third-order valence-electron chi connectivity index (χ3n) is 1.91. The molecule has 0 radical (unpaired) electrons. The van der Waals surface area contributed by atoms with Gasteiger partial charge in [0.25, 0.3) is 0 Å². The van der Waals surface area contributed by atoms with Crippen molar-refractivity contribution in [2.75, 3.05) is 0 Å². The Labute approximate surface area is 65.5 Å². The molecule has 2 aromatic rings. The molecule has 0 aliphatic carbocycles. The van der Waals surface area contributed by atoms with Gasteiger partial charge < -0.3 is 4.57 Å². The van der Waals surface area contributed by atoms with Gasteiger partial charge in [0.15, 0.2) is 0 Å². The van der Waals surface area contributed by atoms with E-state index in [2.05, 4.69) is 21.7 Å². The van der Waals surface area contributed by atoms with Gasteiger partial charge in [-0.25, -0.2) is 0 Å². The van der Waals surface area contributed by atoms with Crippen LogP contribution < -0.4 is 0 Å². The second-order valence-corrected chi connectivity index (χ2v) is 2.81. The zero-order valence-electron chi connectivity index (χ0n) is 6.70. The molecule has 0 unspecified atom stereocenters. The van der Waals surface area contributed by atoms with Gasteiger partial charge in [-0.15, -0.1) is 0 Å². The van der Waals surface area contributed by atoms with E-state index >= 15 is 0 Å². The lowest BCUT2D eigenvalue weighted by atomic mass is 10.3. The number of pyridine rings is 1. The van der Waals surface area contributed by atoms with Gasteiger partial charge >= 0.3 is 0 Å². The lowest BCUT2D eigenvalue weighted by Gasteiger charge is -1.95. The van der Waals surface area contributed by atoms with Crippen molar-refractivity contribution < 1.29 is 0 Å². The predicted molar refractivity (Wildman–Crippen MR) is 45.5 cm³/mol. The molecular weight excluding hydrogens is 136 g/mol. The number of fused-ring (bicyclic) bond motifs is 1. The van der Waals surface area contributed by atoms with E-state index < -0.39 is 0 Å². The molecule has 0 N–H and O–H groups in total. The number of rotatable bonds is 0. The monoisotopic (exact) mass is 146 g/mol. The lowest BCUT2D eigenvalue weighted by molar-refractivity contribution is 0.966. The minimum atomic E-state index is 1.07. The van der Waals surface area contributed by atoms with Gasteiger partial charge in [-0.2, -0.15) is 0 Å². The Hall–Kier alpha value is -1.31. The molecule has 11 heavy (non-hydrogen) atoms. The maximum absolute atomic E-state index is 4.21. The van der Waals surface area contributed by atoms with Gasteiger partial charge in [0.2, 0.25) is 0 Å². The quantitative estimate of drug-likeness (QED) is 0.555. The Bertz CT molecular complexity index is 387. The van der Waals surface area contributed by atoms with E-state index in [4.69, 9.17) is 0 Å². The molecule has 0 atom stereocenters. The molecule has 0 aliphatic heterocycles. The summed E-state index contributed by atoms with van der Waals surface area (Å²) >= 11 is 0.